The molecular formula is C22H23N3O2. The molecule has 1 aliphatic heterocycles. The zero-order valence-electron chi connectivity index (χ0n) is 15.9. The predicted octanol–water partition coefficient (Wildman–Crippen LogP) is 4.44. The molecule has 1 atom stereocenters. The smallest absolute Gasteiger partial charge is 0.232 e. The van der Waals surface area contributed by atoms with Gasteiger partial charge >= 0.3 is 0 Å². The second-order valence-electron chi connectivity index (χ2n) is 7.20. The van der Waals surface area contributed by atoms with Crippen LogP contribution in [0.1, 0.15) is 41.8 Å². The summed E-state index contributed by atoms with van der Waals surface area (Å²) < 4.78 is 5.51. The van der Waals surface area contributed by atoms with Crippen LogP contribution in [0, 0.1) is 13.8 Å². The zero-order chi connectivity index (χ0) is 19.0. The zero-order valence-corrected chi connectivity index (χ0v) is 15.9. The summed E-state index contributed by atoms with van der Waals surface area (Å²) in [6, 6.07) is 14.3. The van der Waals surface area contributed by atoms with Gasteiger partial charge in [0.05, 0.1) is 5.92 Å². The summed E-state index contributed by atoms with van der Waals surface area (Å²) in [5.74, 6) is 1.13. The summed E-state index contributed by atoms with van der Waals surface area (Å²) in [6.45, 7) is 6.76. The average Bonchev–Trinajstić information content (AvgIpc) is 3.31. The first kappa shape index (κ1) is 17.5. The standard InChI is InChI=1S/C22H23N3O2/c1-4-16-7-9-17(10-8-16)21-23-22(27-24-21)18-12-20(26)25(13-18)19-11-14(2)5-6-15(19)3/h5-11,18H,4,12-13H2,1-3H3. The van der Waals surface area contributed by atoms with E-state index in [-0.39, 0.29) is 11.8 Å². The van der Waals surface area contributed by atoms with Gasteiger partial charge in [0.25, 0.3) is 0 Å². The number of nitrogens with zero attached hydrogens (tertiary/aromatic N) is 3. The lowest BCUT2D eigenvalue weighted by Crippen LogP contribution is -2.25. The molecule has 5 heteroatoms. The van der Waals surface area contributed by atoms with E-state index in [4.69, 9.17) is 4.52 Å². The van der Waals surface area contributed by atoms with Crippen LogP contribution in [0.5, 0.6) is 0 Å². The van der Waals surface area contributed by atoms with Gasteiger partial charge in [-0.3, -0.25) is 4.79 Å². The van der Waals surface area contributed by atoms with E-state index in [2.05, 4.69) is 47.4 Å². The first-order chi connectivity index (χ1) is 13.0. The predicted molar refractivity (Wildman–Crippen MR) is 105 cm³/mol. The van der Waals surface area contributed by atoms with Gasteiger partial charge in [0.2, 0.25) is 17.6 Å². The van der Waals surface area contributed by atoms with E-state index in [0.717, 1.165) is 28.8 Å². The molecule has 0 aliphatic carbocycles. The van der Waals surface area contributed by atoms with Crippen LogP contribution in [0.15, 0.2) is 47.0 Å². The summed E-state index contributed by atoms with van der Waals surface area (Å²) in [5.41, 5.74) is 5.41. The van der Waals surface area contributed by atoms with Crippen LogP contribution in [-0.2, 0) is 11.2 Å². The van der Waals surface area contributed by atoms with Gasteiger partial charge in [0.15, 0.2) is 0 Å². The molecule has 0 bridgehead atoms. The van der Waals surface area contributed by atoms with Crippen LogP contribution in [0.2, 0.25) is 0 Å². The molecular weight excluding hydrogens is 338 g/mol. The fourth-order valence-electron chi connectivity index (χ4n) is 3.52. The molecule has 1 aliphatic rings. The number of carbonyl (C=O) groups excluding carboxylic acids is 1. The molecule has 1 fully saturated rings. The number of carbonyl (C=O) groups is 1. The molecule has 0 spiro atoms. The van der Waals surface area contributed by atoms with E-state index in [0.29, 0.717) is 24.7 Å². The molecule has 4 rings (SSSR count). The minimum absolute atomic E-state index is 0.0754. The summed E-state index contributed by atoms with van der Waals surface area (Å²) in [6.07, 6.45) is 1.39. The normalized spacial score (nSPS) is 16.9. The van der Waals surface area contributed by atoms with Crippen molar-refractivity contribution in [1.29, 1.82) is 0 Å². The summed E-state index contributed by atoms with van der Waals surface area (Å²) in [7, 11) is 0. The van der Waals surface area contributed by atoms with Crippen LogP contribution < -0.4 is 4.90 Å². The highest BCUT2D eigenvalue weighted by molar-refractivity contribution is 5.97. The van der Waals surface area contributed by atoms with Gasteiger partial charge in [0, 0.05) is 24.2 Å². The Labute approximate surface area is 159 Å². The van der Waals surface area contributed by atoms with Gasteiger partial charge in [-0.25, -0.2) is 0 Å². The summed E-state index contributed by atoms with van der Waals surface area (Å²) >= 11 is 0. The van der Waals surface area contributed by atoms with Gasteiger partial charge in [-0.15, -0.1) is 0 Å². The number of rotatable bonds is 4. The van der Waals surface area contributed by atoms with Gasteiger partial charge in [-0.1, -0.05) is 48.5 Å². The quantitative estimate of drug-likeness (QED) is 0.689. The molecule has 3 aromatic rings. The first-order valence-electron chi connectivity index (χ1n) is 9.35. The Hall–Kier alpha value is -2.95. The van der Waals surface area contributed by atoms with Crippen molar-refractivity contribution in [3.8, 4) is 11.4 Å². The van der Waals surface area contributed by atoms with Crippen molar-refractivity contribution in [2.24, 2.45) is 0 Å². The first-order valence-corrected chi connectivity index (χ1v) is 9.35. The van der Waals surface area contributed by atoms with Crippen LogP contribution in [0.4, 0.5) is 5.69 Å². The topological polar surface area (TPSA) is 59.2 Å². The number of hydrogen-bond acceptors (Lipinski definition) is 4. The Morgan fingerprint density at radius 3 is 2.67 bits per heavy atom. The van der Waals surface area contributed by atoms with Crippen LogP contribution in [-0.4, -0.2) is 22.6 Å². The fraction of sp³-hybridized carbons (Fsp3) is 0.318. The molecule has 2 aromatic carbocycles. The van der Waals surface area contributed by atoms with Crippen molar-refractivity contribution in [2.75, 3.05) is 11.4 Å². The monoisotopic (exact) mass is 361 g/mol. The largest absolute Gasteiger partial charge is 0.339 e. The Morgan fingerprint density at radius 1 is 1.15 bits per heavy atom. The third kappa shape index (κ3) is 3.37. The Balaban J connectivity index is 1.56. The molecule has 27 heavy (non-hydrogen) atoms. The molecule has 1 unspecified atom stereocenters. The van der Waals surface area contributed by atoms with Crippen molar-refractivity contribution >= 4 is 11.6 Å². The van der Waals surface area contributed by atoms with E-state index >= 15 is 0 Å². The van der Waals surface area contributed by atoms with E-state index in [1.54, 1.807) is 0 Å². The third-order valence-corrected chi connectivity index (χ3v) is 5.19. The second kappa shape index (κ2) is 6.99. The van der Waals surface area contributed by atoms with Gasteiger partial charge in [-0.2, -0.15) is 4.98 Å². The molecule has 0 radical (unpaired) electrons. The highest BCUT2D eigenvalue weighted by Gasteiger charge is 2.35. The van der Waals surface area contributed by atoms with E-state index in [1.807, 2.05) is 30.9 Å². The van der Waals surface area contributed by atoms with Crippen molar-refractivity contribution in [3.63, 3.8) is 0 Å². The van der Waals surface area contributed by atoms with E-state index in [1.165, 1.54) is 5.56 Å². The minimum atomic E-state index is -0.0754. The second-order valence-corrected chi connectivity index (χ2v) is 7.20. The number of hydrogen-bond donors (Lipinski definition) is 0. The Kier molecular flexibility index (Phi) is 4.52. The number of amides is 1. The van der Waals surface area contributed by atoms with Crippen molar-refractivity contribution < 1.29 is 9.32 Å². The van der Waals surface area contributed by atoms with Gasteiger partial charge in [-0.05, 0) is 43.0 Å². The van der Waals surface area contributed by atoms with Crippen molar-refractivity contribution in [2.45, 2.75) is 39.5 Å². The maximum Gasteiger partial charge on any atom is 0.232 e. The Morgan fingerprint density at radius 2 is 1.93 bits per heavy atom. The minimum Gasteiger partial charge on any atom is -0.339 e. The maximum absolute atomic E-state index is 12.6. The molecule has 5 nitrogen and oxygen atoms in total. The lowest BCUT2D eigenvalue weighted by atomic mass is 10.1. The molecule has 1 aromatic heterocycles. The average molecular weight is 361 g/mol. The lowest BCUT2D eigenvalue weighted by Gasteiger charge is -2.19. The third-order valence-electron chi connectivity index (χ3n) is 5.19. The highest BCUT2D eigenvalue weighted by atomic mass is 16.5. The van der Waals surface area contributed by atoms with E-state index in [9.17, 15) is 4.79 Å². The van der Waals surface area contributed by atoms with Crippen LogP contribution >= 0.6 is 0 Å². The number of anilines is 1. The molecule has 138 valence electrons. The highest BCUT2D eigenvalue weighted by Crippen LogP contribution is 2.33. The lowest BCUT2D eigenvalue weighted by molar-refractivity contribution is -0.117. The molecule has 2 heterocycles. The van der Waals surface area contributed by atoms with Crippen LogP contribution in [0.25, 0.3) is 11.4 Å². The fourth-order valence-corrected chi connectivity index (χ4v) is 3.52. The van der Waals surface area contributed by atoms with E-state index < -0.39 is 0 Å². The Bertz CT molecular complexity index is 975. The van der Waals surface area contributed by atoms with Gasteiger partial charge in [0.1, 0.15) is 0 Å². The number of aryl methyl sites for hydroxylation is 3. The molecule has 1 amide bonds. The maximum atomic E-state index is 12.6. The molecule has 0 saturated carbocycles. The SMILES string of the molecule is CCc1ccc(-c2noc(C3CC(=O)N(c4cc(C)ccc4C)C3)n2)cc1. The molecule has 0 N–H and O–H groups in total. The van der Waals surface area contributed by atoms with Crippen molar-refractivity contribution in [1.82, 2.24) is 10.1 Å². The number of benzene rings is 2. The number of aromatic nitrogens is 2. The summed E-state index contributed by atoms with van der Waals surface area (Å²) in [4.78, 5) is 19.0. The molecule has 1 saturated heterocycles. The van der Waals surface area contributed by atoms with Crippen molar-refractivity contribution in [3.05, 3.63) is 65.0 Å². The van der Waals surface area contributed by atoms with Gasteiger partial charge < -0.3 is 9.42 Å². The summed E-state index contributed by atoms with van der Waals surface area (Å²) in [5, 5.41) is 4.13. The van der Waals surface area contributed by atoms with Crippen LogP contribution in [0.3, 0.4) is 0 Å².